The molecule has 0 aromatic rings. The molecule has 1 nitrogen and oxygen atoms in total. The lowest BCUT2D eigenvalue weighted by Crippen LogP contribution is -2.55. The van der Waals surface area contributed by atoms with Crippen LogP contribution in [0.5, 0.6) is 0 Å². The molecule has 2 heteroatoms. The van der Waals surface area contributed by atoms with E-state index in [1.807, 2.05) is 0 Å². The van der Waals surface area contributed by atoms with Gasteiger partial charge in [-0.1, -0.05) is 74.1 Å². The summed E-state index contributed by atoms with van der Waals surface area (Å²) in [5.74, 6) is 0.780. The van der Waals surface area contributed by atoms with E-state index in [-0.39, 0.29) is 0 Å². The Morgan fingerprint density at radius 1 is 0.905 bits per heavy atom. The molecular weight excluding hydrogens is 272 g/mol. The lowest BCUT2D eigenvalue weighted by molar-refractivity contribution is 0.115. The van der Waals surface area contributed by atoms with E-state index >= 15 is 0 Å². The van der Waals surface area contributed by atoms with Gasteiger partial charge in [-0.3, -0.25) is 0 Å². The molecule has 1 fully saturated rings. The molecular formula is C19H40OSi. The summed E-state index contributed by atoms with van der Waals surface area (Å²) >= 11 is 0. The first-order chi connectivity index (χ1) is 9.86. The Labute approximate surface area is 135 Å². The van der Waals surface area contributed by atoms with E-state index in [1.165, 1.54) is 44.9 Å². The summed E-state index contributed by atoms with van der Waals surface area (Å²) in [5.41, 5.74) is 2.33. The van der Waals surface area contributed by atoms with E-state index < -0.39 is 8.32 Å². The van der Waals surface area contributed by atoms with Crippen molar-refractivity contribution in [3.05, 3.63) is 0 Å². The summed E-state index contributed by atoms with van der Waals surface area (Å²) in [7, 11) is -1.66. The fraction of sp³-hybridized carbons (Fsp3) is 1.00. The van der Waals surface area contributed by atoms with Gasteiger partial charge in [0.25, 0.3) is 0 Å². The van der Waals surface area contributed by atoms with Crippen LogP contribution < -0.4 is 0 Å². The lowest BCUT2D eigenvalue weighted by Gasteiger charge is -2.52. The van der Waals surface area contributed by atoms with Gasteiger partial charge in [0, 0.05) is 6.10 Å². The monoisotopic (exact) mass is 312 g/mol. The fourth-order valence-corrected chi connectivity index (χ4v) is 10.9. The molecule has 0 aliphatic carbocycles. The zero-order chi connectivity index (χ0) is 16.0. The molecule has 0 amide bonds. The summed E-state index contributed by atoms with van der Waals surface area (Å²) < 4.78 is 6.99. The third-order valence-corrected chi connectivity index (χ3v) is 12.2. The highest BCUT2D eigenvalue weighted by atomic mass is 28.4. The van der Waals surface area contributed by atoms with Crippen molar-refractivity contribution in [3.8, 4) is 0 Å². The highest BCUT2D eigenvalue weighted by Gasteiger charge is 2.53. The molecule has 1 rings (SSSR count). The Morgan fingerprint density at radius 2 is 1.52 bits per heavy atom. The van der Waals surface area contributed by atoms with Crippen molar-refractivity contribution in [1.82, 2.24) is 0 Å². The van der Waals surface area contributed by atoms with Crippen LogP contribution >= 0.6 is 0 Å². The Hall–Kier alpha value is 0.177. The molecule has 0 aromatic heterocycles. The molecule has 21 heavy (non-hydrogen) atoms. The van der Waals surface area contributed by atoms with Crippen LogP contribution in [0.2, 0.25) is 16.6 Å². The van der Waals surface area contributed by atoms with Gasteiger partial charge in [-0.25, -0.2) is 0 Å². The normalized spacial score (nSPS) is 26.0. The second-order valence-corrected chi connectivity index (χ2v) is 13.2. The average Bonchev–Trinajstić information content (AvgIpc) is 2.42. The first-order valence-electron chi connectivity index (χ1n) is 9.54. The number of hydrogen-bond acceptors (Lipinski definition) is 1. The first kappa shape index (κ1) is 19.2. The van der Waals surface area contributed by atoms with Crippen molar-refractivity contribution in [3.63, 3.8) is 0 Å². The molecule has 0 spiro atoms. The Morgan fingerprint density at radius 3 is 2.00 bits per heavy atom. The minimum absolute atomic E-state index is 0.563. The van der Waals surface area contributed by atoms with Gasteiger partial charge < -0.3 is 4.43 Å². The minimum Gasteiger partial charge on any atom is -0.413 e. The maximum Gasteiger partial charge on any atom is 0.201 e. The van der Waals surface area contributed by atoms with Gasteiger partial charge in [0.2, 0.25) is 8.32 Å². The fourth-order valence-electron chi connectivity index (χ4n) is 4.68. The second-order valence-electron chi connectivity index (χ2n) is 8.18. The molecule has 0 N–H and O–H groups in total. The zero-order valence-corrected chi connectivity index (χ0v) is 16.7. The number of hydrogen-bond donors (Lipinski definition) is 0. The summed E-state index contributed by atoms with van der Waals surface area (Å²) in [6.45, 7) is 16.9. The van der Waals surface area contributed by atoms with Crippen LogP contribution in [0.3, 0.4) is 0 Å². The van der Waals surface area contributed by atoms with Gasteiger partial charge in [-0.15, -0.1) is 0 Å². The highest BCUT2D eigenvalue weighted by Crippen LogP contribution is 2.52. The zero-order valence-electron chi connectivity index (χ0n) is 15.7. The maximum atomic E-state index is 6.99. The lowest BCUT2D eigenvalue weighted by atomic mass is 10.00. The molecule has 0 unspecified atom stereocenters. The molecule has 0 saturated carbocycles. The van der Waals surface area contributed by atoms with Gasteiger partial charge in [0.05, 0.1) is 0 Å². The molecule has 2 atom stereocenters. The molecule has 0 aromatic carbocycles. The number of unbranched alkanes of at least 4 members (excludes halogenated alkanes) is 3. The summed E-state index contributed by atoms with van der Waals surface area (Å²) in [5, 5.41) is 0. The largest absolute Gasteiger partial charge is 0.413 e. The van der Waals surface area contributed by atoms with Gasteiger partial charge >= 0.3 is 0 Å². The predicted octanol–water partition coefficient (Wildman–Crippen LogP) is 6.93. The smallest absolute Gasteiger partial charge is 0.201 e. The van der Waals surface area contributed by atoms with Crippen molar-refractivity contribution in [1.29, 1.82) is 0 Å². The van der Waals surface area contributed by atoms with Crippen molar-refractivity contribution >= 4 is 8.32 Å². The van der Waals surface area contributed by atoms with Crippen LogP contribution in [-0.2, 0) is 4.43 Å². The third-order valence-electron chi connectivity index (χ3n) is 5.74. The van der Waals surface area contributed by atoms with E-state index in [1.54, 1.807) is 0 Å². The van der Waals surface area contributed by atoms with Crippen molar-refractivity contribution in [2.24, 2.45) is 5.92 Å². The SMILES string of the molecule is CCCCCC[C@H]1CC[C@H](C(C)C)[Si](C(C)C)(C(C)C)O1. The first-order valence-corrected chi connectivity index (χ1v) is 11.7. The van der Waals surface area contributed by atoms with Crippen LogP contribution in [0.25, 0.3) is 0 Å². The number of rotatable bonds is 8. The minimum atomic E-state index is -1.66. The van der Waals surface area contributed by atoms with Crippen LogP contribution in [0.15, 0.2) is 0 Å². The van der Waals surface area contributed by atoms with Crippen molar-refractivity contribution in [2.45, 2.75) is 116 Å². The molecule has 1 heterocycles. The van der Waals surface area contributed by atoms with Gasteiger partial charge in [-0.2, -0.15) is 0 Å². The molecule has 1 saturated heterocycles. The average molecular weight is 313 g/mol. The Kier molecular flexibility index (Phi) is 7.98. The molecule has 1 aliphatic rings. The van der Waals surface area contributed by atoms with E-state index in [2.05, 4.69) is 48.5 Å². The van der Waals surface area contributed by atoms with E-state index in [0.717, 1.165) is 22.5 Å². The van der Waals surface area contributed by atoms with Crippen LogP contribution in [0, 0.1) is 5.92 Å². The van der Waals surface area contributed by atoms with Gasteiger partial charge in [0.15, 0.2) is 0 Å². The molecule has 1 aliphatic heterocycles. The quantitative estimate of drug-likeness (QED) is 0.349. The van der Waals surface area contributed by atoms with E-state index in [0.29, 0.717) is 6.10 Å². The predicted molar refractivity (Wildman–Crippen MR) is 97.4 cm³/mol. The van der Waals surface area contributed by atoms with E-state index in [4.69, 9.17) is 4.43 Å². The molecule has 0 radical (unpaired) electrons. The van der Waals surface area contributed by atoms with Crippen LogP contribution in [0.1, 0.15) is 93.4 Å². The third kappa shape index (κ3) is 4.57. The second kappa shape index (κ2) is 8.72. The van der Waals surface area contributed by atoms with Crippen LogP contribution in [0.4, 0.5) is 0 Å². The van der Waals surface area contributed by atoms with Crippen molar-refractivity contribution < 1.29 is 4.43 Å². The van der Waals surface area contributed by atoms with Crippen molar-refractivity contribution in [2.75, 3.05) is 0 Å². The Balaban J connectivity index is 2.77. The topological polar surface area (TPSA) is 9.23 Å². The maximum absolute atomic E-state index is 6.99. The van der Waals surface area contributed by atoms with Gasteiger partial charge in [0.1, 0.15) is 0 Å². The highest BCUT2D eigenvalue weighted by molar-refractivity contribution is 6.78. The summed E-state index contributed by atoms with van der Waals surface area (Å²) in [6, 6.07) is 0. The molecule has 126 valence electrons. The summed E-state index contributed by atoms with van der Waals surface area (Å²) in [6.07, 6.45) is 10.1. The summed E-state index contributed by atoms with van der Waals surface area (Å²) in [4.78, 5) is 0. The molecule has 0 bridgehead atoms. The Bertz CT molecular complexity index is 277. The standard InChI is InChI=1S/C19H40OSi/c1-8-9-10-11-12-18-13-14-19(15(2)3)21(20-18,16(4)5)17(6)7/h15-19H,8-14H2,1-7H3/t18-,19+/m0/s1. The van der Waals surface area contributed by atoms with Gasteiger partial charge in [-0.05, 0) is 41.8 Å². The van der Waals surface area contributed by atoms with E-state index in [9.17, 15) is 0 Å². The van der Waals surface area contributed by atoms with Crippen LogP contribution in [-0.4, -0.2) is 14.4 Å².